The Bertz CT molecular complexity index is 368. The first kappa shape index (κ1) is 12.1. The molecular formula is C10H13F3N4. The highest BCUT2D eigenvalue weighted by atomic mass is 19.4. The fourth-order valence-corrected chi connectivity index (χ4v) is 1.77. The van der Waals surface area contributed by atoms with Gasteiger partial charge in [-0.1, -0.05) is 0 Å². The highest BCUT2D eigenvalue weighted by Crippen LogP contribution is 2.27. The van der Waals surface area contributed by atoms with Crippen LogP contribution in [-0.2, 0) is 6.18 Å². The number of hydrogen-bond donors (Lipinski definition) is 1. The van der Waals surface area contributed by atoms with Crippen LogP contribution in [0.5, 0.6) is 0 Å². The molecule has 1 saturated heterocycles. The third kappa shape index (κ3) is 2.85. The van der Waals surface area contributed by atoms with Gasteiger partial charge in [-0.15, -0.1) is 10.2 Å². The highest BCUT2D eigenvalue weighted by molar-refractivity contribution is 5.38. The fraction of sp³-hybridized carbons (Fsp3) is 0.600. The Morgan fingerprint density at radius 3 is 2.29 bits per heavy atom. The quantitative estimate of drug-likeness (QED) is 0.814. The minimum absolute atomic E-state index is 0.175. The maximum atomic E-state index is 12.3. The second-order valence-corrected chi connectivity index (χ2v) is 4.10. The third-order valence-corrected chi connectivity index (χ3v) is 2.80. The summed E-state index contributed by atoms with van der Waals surface area (Å²) in [5.74, 6) is 0.477. The first-order valence-electron chi connectivity index (χ1n) is 5.38. The number of halogens is 3. The van der Waals surface area contributed by atoms with E-state index >= 15 is 0 Å². The molecule has 0 atom stereocenters. The Balaban J connectivity index is 2.08. The van der Waals surface area contributed by atoms with Gasteiger partial charge in [-0.25, -0.2) is 0 Å². The summed E-state index contributed by atoms with van der Waals surface area (Å²) in [6, 6.07) is 2.48. The molecule has 17 heavy (non-hydrogen) atoms. The highest BCUT2D eigenvalue weighted by Gasteiger charge is 2.33. The standard InChI is InChI=1S/C10H13F3N4/c11-10(12,13)8-1-2-9(16-15-8)17-5-3-7(14)4-6-17/h1-2,7H,3-6,14H2. The molecule has 2 rings (SSSR count). The van der Waals surface area contributed by atoms with E-state index in [4.69, 9.17) is 5.73 Å². The van der Waals surface area contributed by atoms with Crippen LogP contribution in [0.2, 0.25) is 0 Å². The van der Waals surface area contributed by atoms with Crippen LogP contribution in [0.4, 0.5) is 19.0 Å². The van der Waals surface area contributed by atoms with Gasteiger partial charge in [0, 0.05) is 19.1 Å². The Morgan fingerprint density at radius 2 is 1.82 bits per heavy atom. The summed E-state index contributed by atoms with van der Waals surface area (Å²) in [6.45, 7) is 1.42. The Morgan fingerprint density at radius 1 is 1.18 bits per heavy atom. The molecule has 0 bridgehead atoms. The predicted octanol–water partition coefficient (Wildman–Crippen LogP) is 1.42. The Kier molecular flexibility index (Phi) is 3.19. The molecule has 0 radical (unpaired) electrons. The number of rotatable bonds is 1. The predicted molar refractivity (Wildman–Crippen MR) is 56.5 cm³/mol. The smallest absolute Gasteiger partial charge is 0.355 e. The Hall–Kier alpha value is -1.37. The van der Waals surface area contributed by atoms with Crippen molar-refractivity contribution in [2.75, 3.05) is 18.0 Å². The lowest BCUT2D eigenvalue weighted by Gasteiger charge is -2.30. The molecule has 0 spiro atoms. The first-order valence-corrected chi connectivity index (χ1v) is 5.38. The SMILES string of the molecule is NC1CCN(c2ccc(C(F)(F)F)nn2)CC1. The van der Waals surface area contributed by atoms with Crippen LogP contribution in [0, 0.1) is 0 Å². The van der Waals surface area contributed by atoms with E-state index in [2.05, 4.69) is 10.2 Å². The molecule has 94 valence electrons. The normalized spacial score (nSPS) is 18.5. The average molecular weight is 246 g/mol. The zero-order chi connectivity index (χ0) is 12.5. The van der Waals surface area contributed by atoms with E-state index in [0.717, 1.165) is 18.9 Å². The lowest BCUT2D eigenvalue weighted by atomic mass is 10.1. The van der Waals surface area contributed by atoms with Crippen LogP contribution in [-0.4, -0.2) is 29.3 Å². The van der Waals surface area contributed by atoms with Gasteiger partial charge in [0.15, 0.2) is 11.5 Å². The van der Waals surface area contributed by atoms with Gasteiger partial charge in [-0.2, -0.15) is 13.2 Å². The van der Waals surface area contributed by atoms with Crippen LogP contribution in [0.15, 0.2) is 12.1 Å². The molecule has 1 aliphatic heterocycles. The average Bonchev–Trinajstić information content (AvgIpc) is 2.29. The van der Waals surface area contributed by atoms with Crippen molar-refractivity contribution in [3.63, 3.8) is 0 Å². The lowest BCUT2D eigenvalue weighted by Crippen LogP contribution is -2.40. The molecule has 1 fully saturated rings. The van der Waals surface area contributed by atoms with E-state index in [1.807, 2.05) is 4.90 Å². The zero-order valence-electron chi connectivity index (χ0n) is 9.11. The minimum atomic E-state index is -4.43. The van der Waals surface area contributed by atoms with Gasteiger partial charge in [0.25, 0.3) is 0 Å². The molecule has 0 amide bonds. The van der Waals surface area contributed by atoms with Crippen LogP contribution < -0.4 is 10.6 Å². The summed E-state index contributed by atoms with van der Waals surface area (Å²) in [4.78, 5) is 1.90. The molecule has 0 saturated carbocycles. The molecule has 1 aliphatic rings. The molecule has 0 aromatic carbocycles. The fourth-order valence-electron chi connectivity index (χ4n) is 1.77. The van der Waals surface area contributed by atoms with Gasteiger partial charge >= 0.3 is 6.18 Å². The van der Waals surface area contributed by atoms with Crippen molar-refractivity contribution in [3.8, 4) is 0 Å². The number of hydrogen-bond acceptors (Lipinski definition) is 4. The van der Waals surface area contributed by atoms with Gasteiger partial charge in [-0.05, 0) is 25.0 Å². The molecular weight excluding hydrogens is 233 g/mol. The van der Waals surface area contributed by atoms with E-state index in [1.54, 1.807) is 0 Å². The summed E-state index contributed by atoms with van der Waals surface area (Å²) >= 11 is 0. The third-order valence-electron chi connectivity index (χ3n) is 2.80. The maximum absolute atomic E-state index is 12.3. The van der Waals surface area contributed by atoms with Gasteiger partial charge in [0.1, 0.15) is 0 Å². The van der Waals surface area contributed by atoms with E-state index in [9.17, 15) is 13.2 Å². The summed E-state index contributed by atoms with van der Waals surface area (Å²) in [5.41, 5.74) is 4.78. The van der Waals surface area contributed by atoms with Crippen LogP contribution in [0.1, 0.15) is 18.5 Å². The van der Waals surface area contributed by atoms with Crippen LogP contribution >= 0.6 is 0 Å². The Labute approximate surface area is 96.6 Å². The van der Waals surface area contributed by atoms with Crippen LogP contribution in [0.25, 0.3) is 0 Å². The zero-order valence-corrected chi connectivity index (χ0v) is 9.11. The van der Waals surface area contributed by atoms with E-state index < -0.39 is 11.9 Å². The van der Waals surface area contributed by atoms with E-state index in [1.165, 1.54) is 6.07 Å². The minimum Gasteiger partial charge on any atom is -0.355 e. The molecule has 7 heteroatoms. The molecule has 2 N–H and O–H groups in total. The van der Waals surface area contributed by atoms with Crippen molar-refractivity contribution in [3.05, 3.63) is 17.8 Å². The topological polar surface area (TPSA) is 55.0 Å². The monoisotopic (exact) mass is 246 g/mol. The number of anilines is 1. The molecule has 0 unspecified atom stereocenters. The van der Waals surface area contributed by atoms with E-state index in [0.29, 0.717) is 18.9 Å². The number of piperidine rings is 1. The van der Waals surface area contributed by atoms with Gasteiger partial charge < -0.3 is 10.6 Å². The number of alkyl halides is 3. The molecule has 4 nitrogen and oxygen atoms in total. The van der Waals surface area contributed by atoms with Crippen molar-refractivity contribution >= 4 is 5.82 Å². The largest absolute Gasteiger partial charge is 0.435 e. The maximum Gasteiger partial charge on any atom is 0.435 e. The van der Waals surface area contributed by atoms with Crippen molar-refractivity contribution in [1.82, 2.24) is 10.2 Å². The van der Waals surface area contributed by atoms with Gasteiger partial charge in [0.2, 0.25) is 0 Å². The summed E-state index contributed by atoms with van der Waals surface area (Å²) in [5, 5.41) is 6.81. The van der Waals surface area contributed by atoms with Gasteiger partial charge in [0.05, 0.1) is 0 Å². The second-order valence-electron chi connectivity index (χ2n) is 4.10. The summed E-state index contributed by atoms with van der Waals surface area (Å²) < 4.78 is 36.8. The van der Waals surface area contributed by atoms with Crippen LogP contribution in [0.3, 0.4) is 0 Å². The summed E-state index contributed by atoms with van der Waals surface area (Å²) in [7, 11) is 0. The second kappa shape index (κ2) is 4.48. The van der Waals surface area contributed by atoms with Gasteiger partial charge in [-0.3, -0.25) is 0 Å². The molecule has 0 aliphatic carbocycles. The first-order chi connectivity index (χ1) is 7.97. The molecule has 1 aromatic heterocycles. The van der Waals surface area contributed by atoms with Crippen molar-refractivity contribution < 1.29 is 13.2 Å². The number of nitrogens with two attached hydrogens (primary N) is 1. The van der Waals surface area contributed by atoms with Crippen molar-refractivity contribution in [1.29, 1.82) is 0 Å². The lowest BCUT2D eigenvalue weighted by molar-refractivity contribution is -0.141. The number of aromatic nitrogens is 2. The summed E-state index contributed by atoms with van der Waals surface area (Å²) in [6.07, 6.45) is -2.79. The molecule has 1 aromatic rings. The van der Waals surface area contributed by atoms with E-state index in [-0.39, 0.29) is 6.04 Å². The van der Waals surface area contributed by atoms with Crippen molar-refractivity contribution in [2.45, 2.75) is 25.1 Å². The number of nitrogens with zero attached hydrogens (tertiary/aromatic N) is 3. The molecule has 2 heterocycles. The van der Waals surface area contributed by atoms with Crippen molar-refractivity contribution in [2.24, 2.45) is 5.73 Å².